The summed E-state index contributed by atoms with van der Waals surface area (Å²) in [7, 11) is 0. The average Bonchev–Trinajstić information content (AvgIpc) is 3.34. The summed E-state index contributed by atoms with van der Waals surface area (Å²) in [5, 5.41) is 3.68. The molecular formula is C19H27F3N2. The summed E-state index contributed by atoms with van der Waals surface area (Å²) in [4.78, 5) is 2.50. The Labute approximate surface area is 142 Å². The lowest BCUT2D eigenvalue weighted by atomic mass is 9.93. The second kappa shape index (κ2) is 6.68. The molecule has 1 saturated carbocycles. The molecule has 0 spiro atoms. The van der Waals surface area contributed by atoms with Crippen LogP contribution in [0.15, 0.2) is 24.3 Å². The fourth-order valence-electron chi connectivity index (χ4n) is 3.69. The monoisotopic (exact) mass is 340 g/mol. The number of halogens is 3. The smallest absolute Gasteiger partial charge is 0.313 e. The van der Waals surface area contributed by atoms with Gasteiger partial charge in [0, 0.05) is 24.0 Å². The first-order valence-corrected chi connectivity index (χ1v) is 8.95. The third kappa shape index (κ3) is 3.94. The first-order chi connectivity index (χ1) is 11.3. The predicted molar refractivity (Wildman–Crippen MR) is 90.1 cm³/mol. The highest BCUT2D eigenvalue weighted by Gasteiger charge is 2.44. The molecule has 1 aromatic carbocycles. The molecule has 3 rings (SSSR count). The molecule has 24 heavy (non-hydrogen) atoms. The molecule has 1 aliphatic heterocycles. The number of nitrogens with one attached hydrogen (secondary N) is 1. The quantitative estimate of drug-likeness (QED) is 0.864. The first kappa shape index (κ1) is 17.7. The van der Waals surface area contributed by atoms with Crippen LogP contribution in [0.4, 0.5) is 13.2 Å². The molecule has 1 aliphatic carbocycles. The Bertz CT molecular complexity index is 539. The van der Waals surface area contributed by atoms with Crippen molar-refractivity contribution < 1.29 is 13.2 Å². The lowest BCUT2D eigenvalue weighted by molar-refractivity contribution is -0.137. The highest BCUT2D eigenvalue weighted by atomic mass is 19.4. The number of benzene rings is 1. The molecule has 1 heterocycles. The van der Waals surface area contributed by atoms with Crippen molar-refractivity contribution in [2.75, 3.05) is 19.6 Å². The Hall–Kier alpha value is -1.07. The topological polar surface area (TPSA) is 15.3 Å². The molecule has 1 saturated heterocycles. The zero-order chi connectivity index (χ0) is 17.4. The van der Waals surface area contributed by atoms with Crippen molar-refractivity contribution >= 4 is 0 Å². The van der Waals surface area contributed by atoms with Gasteiger partial charge in [0.15, 0.2) is 0 Å². The third-order valence-electron chi connectivity index (χ3n) is 5.67. The number of hydrogen-bond acceptors (Lipinski definition) is 2. The van der Waals surface area contributed by atoms with Crippen molar-refractivity contribution in [1.29, 1.82) is 0 Å². The summed E-state index contributed by atoms with van der Waals surface area (Å²) in [6.07, 6.45) is 0.187. The van der Waals surface area contributed by atoms with Gasteiger partial charge in [0.25, 0.3) is 0 Å². The molecule has 2 nitrogen and oxygen atoms in total. The number of likely N-dealkylation sites (tertiary alicyclic amines) is 1. The fraction of sp³-hybridized carbons (Fsp3) is 0.684. The summed E-state index contributed by atoms with van der Waals surface area (Å²) in [6.45, 7) is 7.60. The van der Waals surface area contributed by atoms with E-state index in [0.717, 1.165) is 50.9 Å². The lowest BCUT2D eigenvalue weighted by Gasteiger charge is -2.35. The normalized spacial score (nSPS) is 22.1. The van der Waals surface area contributed by atoms with E-state index in [2.05, 4.69) is 24.1 Å². The van der Waals surface area contributed by atoms with Crippen LogP contribution >= 0.6 is 0 Å². The third-order valence-corrected chi connectivity index (χ3v) is 5.67. The van der Waals surface area contributed by atoms with Crippen LogP contribution < -0.4 is 5.32 Å². The van der Waals surface area contributed by atoms with E-state index in [9.17, 15) is 13.2 Å². The standard InChI is InChI=1S/C19H27F3N2/c1-14(2)24-11-7-17(8-12-24)23-13-18(9-10-18)15-3-5-16(6-4-15)19(20,21)22/h3-6,14,17,23H,7-13H2,1-2H3. The van der Waals surface area contributed by atoms with Crippen molar-refractivity contribution in [2.45, 2.75) is 63.2 Å². The predicted octanol–water partition coefficient (Wildman–Crippen LogP) is 4.20. The van der Waals surface area contributed by atoms with Gasteiger partial charge in [-0.25, -0.2) is 0 Å². The second-order valence-electron chi connectivity index (χ2n) is 7.64. The molecule has 134 valence electrons. The summed E-state index contributed by atoms with van der Waals surface area (Å²) in [5.74, 6) is 0. The summed E-state index contributed by atoms with van der Waals surface area (Å²) < 4.78 is 38.1. The van der Waals surface area contributed by atoms with Crippen molar-refractivity contribution in [1.82, 2.24) is 10.2 Å². The van der Waals surface area contributed by atoms with Crippen LogP contribution in [-0.4, -0.2) is 36.6 Å². The summed E-state index contributed by atoms with van der Waals surface area (Å²) in [6, 6.07) is 6.91. The van der Waals surface area contributed by atoms with Gasteiger partial charge in [0.05, 0.1) is 5.56 Å². The SMILES string of the molecule is CC(C)N1CCC(NCC2(c3ccc(C(F)(F)F)cc3)CC2)CC1. The molecule has 0 atom stereocenters. The van der Waals surface area contributed by atoms with E-state index in [0.29, 0.717) is 12.1 Å². The number of nitrogens with zero attached hydrogens (tertiary/aromatic N) is 1. The van der Waals surface area contributed by atoms with Crippen LogP contribution in [0.5, 0.6) is 0 Å². The van der Waals surface area contributed by atoms with Gasteiger partial charge in [-0.1, -0.05) is 12.1 Å². The Morgan fingerprint density at radius 2 is 1.71 bits per heavy atom. The van der Waals surface area contributed by atoms with E-state index >= 15 is 0 Å². The highest BCUT2D eigenvalue weighted by Crippen LogP contribution is 2.48. The Morgan fingerprint density at radius 3 is 2.17 bits per heavy atom. The Kier molecular flexibility index (Phi) is 4.94. The van der Waals surface area contributed by atoms with Crippen LogP contribution in [0.1, 0.15) is 50.7 Å². The second-order valence-corrected chi connectivity index (χ2v) is 7.64. The molecule has 0 bridgehead atoms. The van der Waals surface area contributed by atoms with Gasteiger partial charge < -0.3 is 10.2 Å². The van der Waals surface area contributed by atoms with Crippen LogP contribution in [-0.2, 0) is 11.6 Å². The van der Waals surface area contributed by atoms with E-state index in [4.69, 9.17) is 0 Å². The molecule has 2 fully saturated rings. The van der Waals surface area contributed by atoms with E-state index in [-0.39, 0.29) is 5.41 Å². The summed E-state index contributed by atoms with van der Waals surface area (Å²) in [5.41, 5.74) is 0.540. The molecule has 0 unspecified atom stereocenters. The first-order valence-electron chi connectivity index (χ1n) is 8.95. The van der Waals surface area contributed by atoms with E-state index < -0.39 is 11.7 Å². The van der Waals surface area contributed by atoms with Crippen LogP contribution in [0, 0.1) is 0 Å². The minimum Gasteiger partial charge on any atom is -0.313 e. The highest BCUT2D eigenvalue weighted by molar-refractivity contribution is 5.35. The molecule has 0 aromatic heterocycles. The number of hydrogen-bond donors (Lipinski definition) is 1. The van der Waals surface area contributed by atoms with Gasteiger partial charge in [0.2, 0.25) is 0 Å². The largest absolute Gasteiger partial charge is 0.416 e. The number of piperidine rings is 1. The van der Waals surface area contributed by atoms with Crippen LogP contribution in [0.3, 0.4) is 0 Å². The van der Waals surface area contributed by atoms with E-state index in [1.54, 1.807) is 12.1 Å². The minimum atomic E-state index is -4.25. The zero-order valence-electron chi connectivity index (χ0n) is 14.5. The minimum absolute atomic E-state index is 0.0549. The molecule has 0 amide bonds. The van der Waals surface area contributed by atoms with Gasteiger partial charge in [-0.05, 0) is 70.3 Å². The fourth-order valence-corrected chi connectivity index (χ4v) is 3.69. The maximum atomic E-state index is 12.7. The zero-order valence-corrected chi connectivity index (χ0v) is 14.5. The maximum absolute atomic E-state index is 12.7. The van der Waals surface area contributed by atoms with Crippen molar-refractivity contribution in [3.63, 3.8) is 0 Å². The Balaban J connectivity index is 1.54. The molecule has 0 radical (unpaired) electrons. The number of alkyl halides is 3. The van der Waals surface area contributed by atoms with Crippen molar-refractivity contribution in [3.05, 3.63) is 35.4 Å². The molecular weight excluding hydrogens is 313 g/mol. The van der Waals surface area contributed by atoms with Gasteiger partial charge in [0.1, 0.15) is 0 Å². The van der Waals surface area contributed by atoms with E-state index in [1.807, 2.05) is 0 Å². The van der Waals surface area contributed by atoms with Crippen molar-refractivity contribution in [3.8, 4) is 0 Å². The van der Waals surface area contributed by atoms with E-state index in [1.165, 1.54) is 12.1 Å². The Morgan fingerprint density at radius 1 is 1.12 bits per heavy atom. The van der Waals surface area contributed by atoms with Gasteiger partial charge in [-0.2, -0.15) is 13.2 Å². The molecule has 1 aromatic rings. The maximum Gasteiger partial charge on any atom is 0.416 e. The van der Waals surface area contributed by atoms with Crippen LogP contribution in [0.2, 0.25) is 0 Å². The number of rotatable bonds is 5. The molecule has 1 N–H and O–H groups in total. The average molecular weight is 340 g/mol. The van der Waals surface area contributed by atoms with Crippen molar-refractivity contribution in [2.24, 2.45) is 0 Å². The molecule has 5 heteroatoms. The lowest BCUT2D eigenvalue weighted by Crippen LogP contribution is -2.46. The summed E-state index contributed by atoms with van der Waals surface area (Å²) >= 11 is 0. The van der Waals surface area contributed by atoms with Gasteiger partial charge in [-0.15, -0.1) is 0 Å². The van der Waals surface area contributed by atoms with Gasteiger partial charge in [-0.3, -0.25) is 0 Å². The van der Waals surface area contributed by atoms with Crippen LogP contribution in [0.25, 0.3) is 0 Å². The van der Waals surface area contributed by atoms with Gasteiger partial charge >= 0.3 is 6.18 Å². The molecule has 2 aliphatic rings.